The number of aromatic nitrogens is 2. The van der Waals surface area contributed by atoms with E-state index in [2.05, 4.69) is 66.7 Å². The molecule has 1 heterocycles. The molecule has 0 radical (unpaired) electrons. The van der Waals surface area contributed by atoms with Gasteiger partial charge in [-0.15, -0.1) is 0 Å². The highest BCUT2D eigenvalue weighted by atomic mass is 15.3. The van der Waals surface area contributed by atoms with Crippen molar-refractivity contribution in [2.75, 3.05) is 0 Å². The van der Waals surface area contributed by atoms with E-state index in [4.69, 9.17) is 0 Å². The zero-order chi connectivity index (χ0) is 15.9. The molecule has 0 saturated carbocycles. The molecule has 0 unspecified atom stereocenters. The van der Waals surface area contributed by atoms with Crippen LogP contribution in [0.4, 0.5) is 0 Å². The second-order valence-electron chi connectivity index (χ2n) is 6.75. The molecule has 2 nitrogen and oxygen atoms in total. The third-order valence-corrected chi connectivity index (χ3v) is 4.73. The van der Waals surface area contributed by atoms with Crippen LogP contribution < -0.4 is 0 Å². The molecular weight excluding hydrogens is 256 g/mol. The maximum atomic E-state index is 4.53. The molecule has 0 aliphatic carbocycles. The van der Waals surface area contributed by atoms with E-state index in [1.54, 1.807) is 0 Å². The van der Waals surface area contributed by atoms with Gasteiger partial charge in [0.1, 0.15) is 0 Å². The van der Waals surface area contributed by atoms with E-state index in [-0.39, 0.29) is 0 Å². The van der Waals surface area contributed by atoms with E-state index in [1.165, 1.54) is 38.9 Å². The Balaban J connectivity index is 2.77. The Morgan fingerprint density at radius 3 is 1.90 bits per heavy atom. The smallest absolute Gasteiger partial charge is 0.0568 e. The molecular formula is C19H28N2. The number of benzene rings is 1. The Hall–Kier alpha value is -1.57. The Labute approximate surface area is 129 Å². The van der Waals surface area contributed by atoms with Gasteiger partial charge in [0, 0.05) is 17.8 Å². The first-order valence-corrected chi connectivity index (χ1v) is 7.90. The van der Waals surface area contributed by atoms with Gasteiger partial charge < -0.3 is 0 Å². The second-order valence-corrected chi connectivity index (χ2v) is 6.75. The summed E-state index contributed by atoms with van der Waals surface area (Å²) in [5, 5.41) is 4.53. The van der Waals surface area contributed by atoms with Gasteiger partial charge in [0.25, 0.3) is 0 Å². The van der Waals surface area contributed by atoms with Crippen molar-refractivity contribution in [2.24, 2.45) is 0 Å². The van der Waals surface area contributed by atoms with Crippen LogP contribution in [0.5, 0.6) is 0 Å². The minimum Gasteiger partial charge on any atom is -0.270 e. The number of hydrogen-bond acceptors (Lipinski definition) is 1. The summed E-state index contributed by atoms with van der Waals surface area (Å²) in [6.07, 6.45) is 4.20. The van der Waals surface area contributed by atoms with Gasteiger partial charge in [0.15, 0.2) is 0 Å². The van der Waals surface area contributed by atoms with Gasteiger partial charge in [-0.3, -0.25) is 4.68 Å². The largest absolute Gasteiger partial charge is 0.270 e. The van der Waals surface area contributed by atoms with Gasteiger partial charge in [-0.05, 0) is 80.8 Å². The minimum atomic E-state index is 0.397. The predicted molar refractivity (Wildman–Crippen MR) is 91.1 cm³/mol. The highest BCUT2D eigenvalue weighted by molar-refractivity contribution is 5.74. The molecule has 0 atom stereocenters. The van der Waals surface area contributed by atoms with Crippen molar-refractivity contribution >= 4 is 0 Å². The molecule has 114 valence electrons. The fourth-order valence-electron chi connectivity index (χ4n) is 3.18. The first kappa shape index (κ1) is 15.8. The number of nitrogens with zero attached hydrogens (tertiary/aromatic N) is 2. The predicted octanol–water partition coefficient (Wildman–Crippen LogP) is 5.49. The van der Waals surface area contributed by atoms with Gasteiger partial charge in [0.05, 0.1) is 6.20 Å². The molecule has 0 amide bonds. The lowest BCUT2D eigenvalue weighted by atomic mass is 9.82. The van der Waals surface area contributed by atoms with E-state index in [9.17, 15) is 0 Å². The lowest BCUT2D eigenvalue weighted by Gasteiger charge is -2.22. The average molecular weight is 284 g/mol. The lowest BCUT2D eigenvalue weighted by molar-refractivity contribution is 0.532. The van der Waals surface area contributed by atoms with E-state index in [1.807, 2.05) is 10.9 Å². The topological polar surface area (TPSA) is 17.8 Å². The summed E-state index contributed by atoms with van der Waals surface area (Å²) < 4.78 is 2.05. The highest BCUT2D eigenvalue weighted by Crippen LogP contribution is 2.38. The van der Waals surface area contributed by atoms with E-state index >= 15 is 0 Å². The van der Waals surface area contributed by atoms with Crippen LogP contribution in [-0.4, -0.2) is 9.78 Å². The van der Waals surface area contributed by atoms with Crippen molar-refractivity contribution in [1.29, 1.82) is 0 Å². The van der Waals surface area contributed by atoms with Crippen molar-refractivity contribution in [1.82, 2.24) is 9.78 Å². The zero-order valence-corrected chi connectivity index (χ0v) is 14.7. The molecule has 2 aromatic rings. The molecule has 2 rings (SSSR count). The van der Waals surface area contributed by atoms with Gasteiger partial charge in [-0.25, -0.2) is 0 Å². The minimum absolute atomic E-state index is 0.397. The lowest BCUT2D eigenvalue weighted by Crippen LogP contribution is -2.04. The van der Waals surface area contributed by atoms with E-state index in [0.717, 1.165) is 0 Å². The van der Waals surface area contributed by atoms with Crippen molar-refractivity contribution in [3.05, 3.63) is 40.2 Å². The van der Waals surface area contributed by atoms with Crippen LogP contribution in [0.25, 0.3) is 11.1 Å². The summed E-state index contributed by atoms with van der Waals surface area (Å²) >= 11 is 0. The van der Waals surface area contributed by atoms with Crippen LogP contribution in [0.3, 0.4) is 0 Å². The first-order chi connectivity index (χ1) is 9.75. The van der Waals surface area contributed by atoms with E-state index in [0.29, 0.717) is 12.0 Å². The quantitative estimate of drug-likeness (QED) is 0.729. The van der Waals surface area contributed by atoms with Crippen molar-refractivity contribution < 1.29 is 0 Å². The molecule has 0 aliphatic rings. The van der Waals surface area contributed by atoms with Crippen molar-refractivity contribution in [3.63, 3.8) is 0 Å². The molecule has 0 bridgehead atoms. The zero-order valence-electron chi connectivity index (χ0n) is 14.7. The third-order valence-electron chi connectivity index (χ3n) is 4.73. The van der Waals surface area contributed by atoms with Gasteiger partial charge >= 0.3 is 0 Å². The molecule has 0 saturated heterocycles. The Bertz CT molecular complexity index is 661. The van der Waals surface area contributed by atoms with Crippen molar-refractivity contribution in [3.8, 4) is 11.1 Å². The Morgan fingerprint density at radius 1 is 0.857 bits per heavy atom. The monoisotopic (exact) mass is 284 g/mol. The van der Waals surface area contributed by atoms with Crippen LogP contribution in [0.15, 0.2) is 12.4 Å². The maximum Gasteiger partial charge on any atom is 0.0568 e. The summed E-state index contributed by atoms with van der Waals surface area (Å²) in [4.78, 5) is 0. The summed E-state index contributed by atoms with van der Waals surface area (Å²) in [7, 11) is 0. The fraction of sp³-hybridized carbons (Fsp3) is 0.526. The second kappa shape index (κ2) is 5.67. The highest BCUT2D eigenvalue weighted by Gasteiger charge is 2.19. The van der Waals surface area contributed by atoms with Crippen LogP contribution >= 0.6 is 0 Å². The summed E-state index contributed by atoms with van der Waals surface area (Å²) in [5.74, 6) is 0.514. The summed E-state index contributed by atoms with van der Waals surface area (Å²) in [6.45, 7) is 17.9. The van der Waals surface area contributed by atoms with Crippen LogP contribution in [0, 0.1) is 27.7 Å². The van der Waals surface area contributed by atoms with Crippen LogP contribution in [0.2, 0.25) is 0 Å². The van der Waals surface area contributed by atoms with E-state index < -0.39 is 0 Å². The SMILES string of the molecule is Cc1c(C)c(C)c(C(C)C)c(-c2cnn(C(C)C)c2)c1C. The van der Waals surface area contributed by atoms with Gasteiger partial charge in [0.2, 0.25) is 0 Å². The number of hydrogen-bond donors (Lipinski definition) is 0. The molecule has 2 heteroatoms. The Morgan fingerprint density at radius 2 is 1.43 bits per heavy atom. The van der Waals surface area contributed by atoms with Crippen molar-refractivity contribution in [2.45, 2.75) is 67.3 Å². The molecule has 0 N–H and O–H groups in total. The molecule has 0 aliphatic heterocycles. The van der Waals surface area contributed by atoms with Gasteiger partial charge in [-0.2, -0.15) is 5.10 Å². The normalized spacial score (nSPS) is 11.7. The molecule has 0 spiro atoms. The standard InChI is InChI=1S/C19H28N2/c1-11(2)18-15(7)13(5)14(6)16(8)19(18)17-9-20-21(10-17)12(3)4/h9-12H,1-8H3. The van der Waals surface area contributed by atoms with Crippen LogP contribution in [-0.2, 0) is 0 Å². The molecule has 1 aromatic heterocycles. The fourth-order valence-corrected chi connectivity index (χ4v) is 3.18. The van der Waals surface area contributed by atoms with Crippen LogP contribution in [0.1, 0.15) is 67.5 Å². The number of rotatable bonds is 3. The molecule has 1 aromatic carbocycles. The average Bonchev–Trinajstić information content (AvgIpc) is 2.89. The molecule has 0 fully saturated rings. The summed E-state index contributed by atoms with van der Waals surface area (Å²) in [6, 6.07) is 0.397. The first-order valence-electron chi connectivity index (χ1n) is 7.90. The Kier molecular flexibility index (Phi) is 4.27. The maximum absolute atomic E-state index is 4.53. The third kappa shape index (κ3) is 2.64. The summed E-state index contributed by atoms with van der Waals surface area (Å²) in [5.41, 5.74) is 9.76. The molecule has 21 heavy (non-hydrogen) atoms. The van der Waals surface area contributed by atoms with Gasteiger partial charge in [-0.1, -0.05) is 13.8 Å².